The van der Waals surface area contributed by atoms with Crippen molar-refractivity contribution in [1.82, 2.24) is 15.0 Å². The van der Waals surface area contributed by atoms with Crippen molar-refractivity contribution in [1.29, 1.82) is 0 Å². The summed E-state index contributed by atoms with van der Waals surface area (Å²) in [5.41, 5.74) is 0.796. The standard InChI is InChI=1S/C22H21F3N4O3/c23-22(24,25)32-17-11-9-16(10-12-17)26-20(30)15-7-5-14(6-8-15)13-29-21(31)18-3-1-2-4-19(18)27-28-29/h1-4,9-12,14-15H,5-8,13H2,(H,26,30). The fraction of sp³-hybridized carbons (Fsp3) is 0.364. The molecule has 1 amide bonds. The number of aromatic nitrogens is 3. The zero-order chi connectivity index (χ0) is 22.7. The van der Waals surface area contributed by atoms with E-state index in [1.165, 1.54) is 16.8 Å². The predicted octanol–water partition coefficient (Wildman–Crippen LogP) is 4.14. The fourth-order valence-corrected chi connectivity index (χ4v) is 3.98. The second-order valence-electron chi connectivity index (χ2n) is 7.87. The maximum Gasteiger partial charge on any atom is 0.573 e. The average Bonchev–Trinajstić information content (AvgIpc) is 2.77. The Hall–Kier alpha value is -3.43. The topological polar surface area (TPSA) is 86.1 Å². The highest BCUT2D eigenvalue weighted by atomic mass is 19.4. The Kier molecular flexibility index (Phi) is 6.11. The highest BCUT2D eigenvalue weighted by molar-refractivity contribution is 5.92. The largest absolute Gasteiger partial charge is 0.573 e. The molecule has 0 bridgehead atoms. The van der Waals surface area contributed by atoms with E-state index in [4.69, 9.17) is 0 Å². The van der Waals surface area contributed by atoms with Gasteiger partial charge in [-0.05, 0) is 68.0 Å². The summed E-state index contributed by atoms with van der Waals surface area (Å²) in [7, 11) is 0. The number of anilines is 1. The molecule has 7 nitrogen and oxygen atoms in total. The third kappa shape index (κ3) is 5.24. The number of hydrogen-bond donors (Lipinski definition) is 1. The second-order valence-corrected chi connectivity index (χ2v) is 7.87. The highest BCUT2D eigenvalue weighted by Crippen LogP contribution is 2.31. The molecule has 0 spiro atoms. The van der Waals surface area contributed by atoms with Crippen LogP contribution in [0, 0.1) is 11.8 Å². The lowest BCUT2D eigenvalue weighted by Gasteiger charge is -2.27. The Labute approximate surface area is 181 Å². The van der Waals surface area contributed by atoms with Gasteiger partial charge in [0.25, 0.3) is 5.56 Å². The van der Waals surface area contributed by atoms with E-state index in [1.807, 2.05) is 0 Å². The minimum absolute atomic E-state index is 0.171. The van der Waals surface area contributed by atoms with Gasteiger partial charge in [0.1, 0.15) is 11.3 Å². The number of halogens is 3. The molecule has 168 valence electrons. The lowest BCUT2D eigenvalue weighted by atomic mass is 9.81. The van der Waals surface area contributed by atoms with Crippen LogP contribution in [0.3, 0.4) is 0 Å². The van der Waals surface area contributed by atoms with Gasteiger partial charge < -0.3 is 10.1 Å². The van der Waals surface area contributed by atoms with Crippen LogP contribution in [0.2, 0.25) is 0 Å². The summed E-state index contributed by atoms with van der Waals surface area (Å²) < 4.78 is 41.9. The van der Waals surface area contributed by atoms with Gasteiger partial charge in [0.15, 0.2) is 0 Å². The molecule has 1 N–H and O–H groups in total. The molecule has 1 aromatic heterocycles. The van der Waals surface area contributed by atoms with Crippen LogP contribution in [0.4, 0.5) is 18.9 Å². The van der Waals surface area contributed by atoms with Crippen LogP contribution >= 0.6 is 0 Å². The molecule has 0 aliphatic heterocycles. The first kappa shape index (κ1) is 21.8. The number of nitrogens with one attached hydrogen (secondary N) is 1. The summed E-state index contributed by atoms with van der Waals surface area (Å²) in [5.74, 6) is -0.499. The Morgan fingerprint density at radius 2 is 1.75 bits per heavy atom. The third-order valence-corrected chi connectivity index (χ3v) is 5.63. The number of ether oxygens (including phenoxy) is 1. The molecule has 1 saturated carbocycles. The Morgan fingerprint density at radius 1 is 1.06 bits per heavy atom. The molecule has 0 unspecified atom stereocenters. The van der Waals surface area contributed by atoms with Gasteiger partial charge in [0.2, 0.25) is 5.91 Å². The molecule has 1 aliphatic rings. The Morgan fingerprint density at radius 3 is 2.44 bits per heavy atom. The number of nitrogens with zero attached hydrogens (tertiary/aromatic N) is 3. The van der Waals surface area contributed by atoms with Gasteiger partial charge in [-0.15, -0.1) is 18.3 Å². The molecule has 0 atom stereocenters. The van der Waals surface area contributed by atoms with Gasteiger partial charge in [-0.1, -0.05) is 17.3 Å². The zero-order valence-electron chi connectivity index (χ0n) is 17.0. The maximum absolute atomic E-state index is 12.6. The van der Waals surface area contributed by atoms with Crippen LogP contribution in [-0.2, 0) is 11.3 Å². The zero-order valence-corrected chi connectivity index (χ0v) is 17.0. The van der Waals surface area contributed by atoms with E-state index in [0.29, 0.717) is 36.0 Å². The lowest BCUT2D eigenvalue weighted by Crippen LogP contribution is -2.32. The normalized spacial score (nSPS) is 19.0. The average molecular weight is 446 g/mol. The van der Waals surface area contributed by atoms with Crippen molar-refractivity contribution in [3.8, 4) is 5.75 Å². The number of alkyl halides is 3. The van der Waals surface area contributed by atoms with E-state index >= 15 is 0 Å². The number of hydrogen-bond acceptors (Lipinski definition) is 5. The first-order valence-electron chi connectivity index (χ1n) is 10.3. The summed E-state index contributed by atoms with van der Waals surface area (Å²) in [4.78, 5) is 25.2. The first-order chi connectivity index (χ1) is 15.3. The minimum Gasteiger partial charge on any atom is -0.406 e. The lowest BCUT2D eigenvalue weighted by molar-refractivity contribution is -0.274. The van der Waals surface area contributed by atoms with E-state index < -0.39 is 6.36 Å². The third-order valence-electron chi connectivity index (χ3n) is 5.63. The molecule has 0 saturated heterocycles. The summed E-state index contributed by atoms with van der Waals surface area (Å²) in [6.45, 7) is 0.450. The quantitative estimate of drug-likeness (QED) is 0.637. The molecule has 1 heterocycles. The predicted molar refractivity (Wildman–Crippen MR) is 111 cm³/mol. The molecular formula is C22H21F3N4O3. The number of carbonyl (C=O) groups is 1. The molecule has 1 aliphatic carbocycles. The van der Waals surface area contributed by atoms with Crippen LogP contribution in [0.15, 0.2) is 53.3 Å². The monoisotopic (exact) mass is 446 g/mol. The molecule has 0 radical (unpaired) electrons. The van der Waals surface area contributed by atoms with Crippen molar-refractivity contribution in [2.24, 2.45) is 11.8 Å². The van der Waals surface area contributed by atoms with Gasteiger partial charge in [-0.2, -0.15) is 0 Å². The summed E-state index contributed by atoms with van der Waals surface area (Å²) in [6.07, 6.45) is -1.93. The summed E-state index contributed by atoms with van der Waals surface area (Å²) >= 11 is 0. The van der Waals surface area contributed by atoms with Gasteiger partial charge >= 0.3 is 6.36 Å². The molecular weight excluding hydrogens is 425 g/mol. The van der Waals surface area contributed by atoms with Crippen molar-refractivity contribution >= 4 is 22.5 Å². The van der Waals surface area contributed by atoms with E-state index in [1.54, 1.807) is 24.3 Å². The van der Waals surface area contributed by atoms with E-state index in [9.17, 15) is 22.8 Å². The molecule has 1 fully saturated rings. The first-order valence-corrected chi connectivity index (χ1v) is 10.3. The van der Waals surface area contributed by atoms with E-state index in [2.05, 4.69) is 20.4 Å². The van der Waals surface area contributed by atoms with Crippen molar-refractivity contribution < 1.29 is 22.7 Å². The van der Waals surface area contributed by atoms with Crippen LogP contribution in [0.5, 0.6) is 5.75 Å². The smallest absolute Gasteiger partial charge is 0.406 e. The summed E-state index contributed by atoms with van der Waals surface area (Å²) in [5, 5.41) is 11.4. The number of benzene rings is 2. The van der Waals surface area contributed by atoms with Crippen LogP contribution in [0.25, 0.3) is 10.9 Å². The van der Waals surface area contributed by atoms with Crippen molar-refractivity contribution in [3.63, 3.8) is 0 Å². The van der Waals surface area contributed by atoms with Crippen molar-refractivity contribution in [2.45, 2.75) is 38.6 Å². The van der Waals surface area contributed by atoms with Gasteiger partial charge in [-0.3, -0.25) is 9.59 Å². The van der Waals surface area contributed by atoms with Gasteiger partial charge in [0.05, 0.1) is 5.39 Å². The van der Waals surface area contributed by atoms with E-state index in [0.717, 1.165) is 25.0 Å². The Bertz CT molecular complexity index is 1150. The molecule has 3 aromatic rings. The van der Waals surface area contributed by atoms with E-state index in [-0.39, 0.29) is 29.1 Å². The van der Waals surface area contributed by atoms with Crippen molar-refractivity contribution in [2.75, 3.05) is 5.32 Å². The second kappa shape index (κ2) is 8.97. The number of fused-ring (bicyclic) bond motifs is 1. The SMILES string of the molecule is O=C(Nc1ccc(OC(F)(F)F)cc1)C1CCC(Cn2nnc3ccccc3c2=O)CC1. The summed E-state index contributed by atoms with van der Waals surface area (Å²) in [6, 6.07) is 12.1. The molecule has 10 heteroatoms. The number of amides is 1. The van der Waals surface area contributed by atoms with Crippen LogP contribution in [-0.4, -0.2) is 27.3 Å². The molecule has 2 aromatic carbocycles. The van der Waals surface area contributed by atoms with Crippen LogP contribution in [0.1, 0.15) is 25.7 Å². The maximum atomic E-state index is 12.6. The number of rotatable bonds is 5. The molecule has 32 heavy (non-hydrogen) atoms. The van der Waals surface area contributed by atoms with Gasteiger partial charge in [0, 0.05) is 18.2 Å². The number of carbonyl (C=O) groups excluding carboxylic acids is 1. The highest BCUT2D eigenvalue weighted by Gasteiger charge is 2.31. The fourth-order valence-electron chi connectivity index (χ4n) is 3.98. The van der Waals surface area contributed by atoms with Crippen molar-refractivity contribution in [3.05, 3.63) is 58.9 Å². The minimum atomic E-state index is -4.76. The van der Waals surface area contributed by atoms with Crippen LogP contribution < -0.4 is 15.6 Å². The Balaban J connectivity index is 1.30. The van der Waals surface area contributed by atoms with Gasteiger partial charge in [-0.25, -0.2) is 4.68 Å². The molecule has 4 rings (SSSR count).